The number of alkyl halides is 1. The van der Waals surface area contributed by atoms with Gasteiger partial charge in [0, 0.05) is 11.8 Å². The van der Waals surface area contributed by atoms with Crippen molar-refractivity contribution in [2.24, 2.45) is 0 Å². The van der Waals surface area contributed by atoms with E-state index in [9.17, 15) is 0 Å². The zero-order valence-corrected chi connectivity index (χ0v) is 9.01. The first kappa shape index (κ1) is 10.6. The predicted molar refractivity (Wildman–Crippen MR) is 57.6 cm³/mol. The maximum atomic E-state index is 5.93. The van der Waals surface area contributed by atoms with Gasteiger partial charge in [0.05, 0.1) is 20.6 Å². The van der Waals surface area contributed by atoms with E-state index in [0.717, 1.165) is 6.54 Å². The summed E-state index contributed by atoms with van der Waals surface area (Å²) in [6.45, 7) is 1.09. The predicted octanol–water partition coefficient (Wildman–Crippen LogP) is 1.15. The monoisotopic (exact) mass is 198 g/mol. The molecule has 72 valence electrons. The van der Waals surface area contributed by atoms with Crippen molar-refractivity contribution in [2.45, 2.75) is 5.92 Å². The van der Waals surface area contributed by atoms with E-state index in [-0.39, 0.29) is 0 Å². The van der Waals surface area contributed by atoms with Gasteiger partial charge in [-0.1, -0.05) is 30.3 Å². The number of nitrogens with one attached hydrogen (secondary N) is 1. The first-order chi connectivity index (χ1) is 6.24. The van der Waals surface area contributed by atoms with Gasteiger partial charge in [0.25, 0.3) is 0 Å². The molecule has 1 atom stereocenters. The smallest absolute Gasteiger partial charge is 0.0848 e. The van der Waals surface area contributed by atoms with Crippen LogP contribution in [0.1, 0.15) is 11.5 Å². The molecule has 0 aliphatic carbocycles. The average Bonchev–Trinajstić information content (AvgIpc) is 2.15. The van der Waals surface area contributed by atoms with Crippen LogP contribution in [-0.2, 0) is 0 Å². The summed E-state index contributed by atoms with van der Waals surface area (Å²) in [5, 5.41) is 0. The van der Waals surface area contributed by atoms with E-state index < -0.39 is 0 Å². The van der Waals surface area contributed by atoms with E-state index in [1.807, 2.05) is 6.07 Å². The molecule has 1 nitrogen and oxygen atoms in total. The van der Waals surface area contributed by atoms with E-state index >= 15 is 0 Å². The number of hydrogen-bond acceptors (Lipinski definition) is 0. The summed E-state index contributed by atoms with van der Waals surface area (Å²) in [6, 6.07) is 10.5. The van der Waals surface area contributed by atoms with Crippen molar-refractivity contribution in [3.63, 3.8) is 0 Å². The molecule has 0 aromatic heterocycles. The number of rotatable bonds is 4. The molecule has 13 heavy (non-hydrogen) atoms. The van der Waals surface area contributed by atoms with Gasteiger partial charge >= 0.3 is 0 Å². The van der Waals surface area contributed by atoms with Gasteiger partial charge in [0.2, 0.25) is 0 Å². The molecule has 0 fully saturated rings. The normalized spacial score (nSPS) is 13.2. The van der Waals surface area contributed by atoms with Gasteiger partial charge in [-0.3, -0.25) is 0 Å². The van der Waals surface area contributed by atoms with Crippen molar-refractivity contribution in [1.82, 2.24) is 0 Å². The molecule has 2 heteroatoms. The van der Waals surface area contributed by atoms with E-state index in [1.54, 1.807) is 0 Å². The van der Waals surface area contributed by atoms with Gasteiger partial charge in [-0.25, -0.2) is 0 Å². The Morgan fingerprint density at radius 1 is 1.23 bits per heavy atom. The SMILES string of the molecule is C[NH+](C)C[C@@H](CCl)c1ccccc1. The number of likely N-dealkylation sites (N-methyl/N-ethyl adjacent to an activating group) is 1. The minimum Gasteiger partial charge on any atom is -0.339 e. The topological polar surface area (TPSA) is 4.44 Å². The van der Waals surface area contributed by atoms with E-state index in [1.165, 1.54) is 10.5 Å². The molecule has 1 aromatic rings. The molecule has 0 aliphatic heterocycles. The maximum Gasteiger partial charge on any atom is 0.0848 e. The Labute approximate surface area is 85.3 Å². The summed E-state index contributed by atoms with van der Waals surface area (Å²) >= 11 is 5.93. The number of benzene rings is 1. The average molecular weight is 199 g/mol. The highest BCUT2D eigenvalue weighted by Crippen LogP contribution is 2.14. The van der Waals surface area contributed by atoms with Gasteiger partial charge < -0.3 is 4.90 Å². The minimum atomic E-state index is 0.480. The minimum absolute atomic E-state index is 0.480. The van der Waals surface area contributed by atoms with Crippen LogP contribution in [0.2, 0.25) is 0 Å². The molecule has 0 bridgehead atoms. The zero-order valence-electron chi connectivity index (χ0n) is 8.26. The summed E-state index contributed by atoms with van der Waals surface area (Å²) in [4.78, 5) is 1.44. The lowest BCUT2D eigenvalue weighted by Gasteiger charge is -2.16. The Hall–Kier alpha value is -0.530. The second-order valence-electron chi connectivity index (χ2n) is 3.67. The molecule has 0 saturated carbocycles. The number of hydrogen-bond donors (Lipinski definition) is 1. The highest BCUT2D eigenvalue weighted by molar-refractivity contribution is 6.18. The fraction of sp³-hybridized carbons (Fsp3) is 0.455. The Balaban J connectivity index is 2.67. The van der Waals surface area contributed by atoms with Crippen LogP contribution in [-0.4, -0.2) is 26.5 Å². The highest BCUT2D eigenvalue weighted by atomic mass is 35.5. The first-order valence-corrected chi connectivity index (χ1v) is 5.17. The lowest BCUT2D eigenvalue weighted by Crippen LogP contribution is -3.06. The van der Waals surface area contributed by atoms with E-state index in [0.29, 0.717) is 11.8 Å². The van der Waals surface area contributed by atoms with Gasteiger partial charge in [-0.2, -0.15) is 0 Å². The molecule has 0 saturated heterocycles. The maximum absolute atomic E-state index is 5.93. The quantitative estimate of drug-likeness (QED) is 0.693. The number of halogens is 1. The molecule has 0 heterocycles. The van der Waals surface area contributed by atoms with Crippen LogP contribution in [0, 0.1) is 0 Å². The molecular formula is C11H17ClN+. The van der Waals surface area contributed by atoms with Gasteiger partial charge in [-0.05, 0) is 5.56 Å². The van der Waals surface area contributed by atoms with Gasteiger partial charge in [-0.15, -0.1) is 11.6 Å². The lowest BCUT2D eigenvalue weighted by molar-refractivity contribution is -0.859. The second kappa shape index (κ2) is 5.25. The Kier molecular flexibility index (Phi) is 4.26. The van der Waals surface area contributed by atoms with Crippen LogP contribution in [0.5, 0.6) is 0 Å². The van der Waals surface area contributed by atoms with Crippen molar-refractivity contribution in [3.05, 3.63) is 35.9 Å². The summed E-state index contributed by atoms with van der Waals surface area (Å²) < 4.78 is 0. The molecule has 1 aromatic carbocycles. The molecule has 0 unspecified atom stereocenters. The molecule has 1 rings (SSSR count). The Morgan fingerprint density at radius 2 is 1.85 bits per heavy atom. The van der Waals surface area contributed by atoms with Crippen molar-refractivity contribution < 1.29 is 4.90 Å². The van der Waals surface area contributed by atoms with Crippen molar-refractivity contribution in [2.75, 3.05) is 26.5 Å². The zero-order chi connectivity index (χ0) is 9.68. The standard InChI is InChI=1S/C11H16ClN/c1-13(2)9-11(8-12)10-6-4-3-5-7-10/h3-7,11H,8-9H2,1-2H3/p+1/t11-/m1/s1. The van der Waals surface area contributed by atoms with Gasteiger partial charge in [0.15, 0.2) is 0 Å². The summed E-state index contributed by atoms with van der Waals surface area (Å²) in [7, 11) is 4.31. The van der Waals surface area contributed by atoms with Crippen molar-refractivity contribution >= 4 is 11.6 Å². The Morgan fingerprint density at radius 3 is 2.31 bits per heavy atom. The third-order valence-corrected chi connectivity index (χ3v) is 2.48. The summed E-state index contributed by atoms with van der Waals surface area (Å²) in [5.74, 6) is 1.18. The third-order valence-electron chi connectivity index (χ3n) is 2.11. The fourth-order valence-corrected chi connectivity index (χ4v) is 1.77. The highest BCUT2D eigenvalue weighted by Gasteiger charge is 2.12. The molecule has 1 N–H and O–H groups in total. The summed E-state index contributed by atoms with van der Waals surface area (Å²) in [5.41, 5.74) is 1.35. The molecule has 0 amide bonds. The van der Waals surface area contributed by atoms with Crippen LogP contribution >= 0.6 is 11.6 Å². The van der Waals surface area contributed by atoms with Crippen molar-refractivity contribution in [3.8, 4) is 0 Å². The van der Waals surface area contributed by atoms with Crippen LogP contribution in [0.15, 0.2) is 30.3 Å². The van der Waals surface area contributed by atoms with Crippen molar-refractivity contribution in [1.29, 1.82) is 0 Å². The molecule has 0 spiro atoms. The van der Waals surface area contributed by atoms with Crippen LogP contribution < -0.4 is 4.90 Å². The van der Waals surface area contributed by atoms with Gasteiger partial charge in [0.1, 0.15) is 0 Å². The first-order valence-electron chi connectivity index (χ1n) is 4.64. The van der Waals surface area contributed by atoms with E-state index in [4.69, 9.17) is 11.6 Å². The largest absolute Gasteiger partial charge is 0.339 e. The number of quaternary nitrogens is 1. The van der Waals surface area contributed by atoms with Crippen LogP contribution in [0.3, 0.4) is 0 Å². The second-order valence-corrected chi connectivity index (χ2v) is 3.98. The summed E-state index contributed by atoms with van der Waals surface area (Å²) in [6.07, 6.45) is 0. The molecule has 0 radical (unpaired) electrons. The van der Waals surface area contributed by atoms with Crippen LogP contribution in [0.4, 0.5) is 0 Å². The molecular weight excluding hydrogens is 182 g/mol. The van der Waals surface area contributed by atoms with Crippen LogP contribution in [0.25, 0.3) is 0 Å². The molecule has 0 aliphatic rings. The third kappa shape index (κ3) is 3.37. The van der Waals surface area contributed by atoms with E-state index in [2.05, 4.69) is 38.4 Å². The lowest BCUT2D eigenvalue weighted by atomic mass is 10.0. The fourth-order valence-electron chi connectivity index (χ4n) is 1.48. The Bertz CT molecular complexity index is 233.